The van der Waals surface area contributed by atoms with E-state index in [2.05, 4.69) is 5.32 Å². The van der Waals surface area contributed by atoms with Crippen LogP contribution in [0.2, 0.25) is 0 Å². The van der Waals surface area contributed by atoms with E-state index in [0.717, 1.165) is 13.0 Å². The summed E-state index contributed by atoms with van der Waals surface area (Å²) in [5.41, 5.74) is 0. The fourth-order valence-electron chi connectivity index (χ4n) is 2.81. The molecule has 0 saturated carbocycles. The van der Waals surface area contributed by atoms with Crippen LogP contribution in [0.5, 0.6) is 0 Å². The Morgan fingerprint density at radius 2 is 1.83 bits per heavy atom. The summed E-state index contributed by atoms with van der Waals surface area (Å²) in [6.07, 6.45) is 2.03. The minimum Gasteiger partial charge on any atom is -0.338 e. The Labute approximate surface area is 109 Å². The Kier molecular flexibility index (Phi) is 3.96. The van der Waals surface area contributed by atoms with Crippen LogP contribution < -0.4 is 5.32 Å². The molecule has 2 heterocycles. The third-order valence-corrected chi connectivity index (χ3v) is 5.45. The molecule has 0 radical (unpaired) electrons. The van der Waals surface area contributed by atoms with Gasteiger partial charge in [0.1, 0.15) is 9.84 Å². The minimum absolute atomic E-state index is 0.0801. The number of carbonyl (C=O) groups is 1. The average Bonchev–Trinajstić information content (AvgIpc) is 2.60. The molecule has 1 atom stereocenters. The topological polar surface area (TPSA) is 66.5 Å². The number of carbonyl (C=O) groups excluding carboxylic acids is 1. The highest BCUT2D eigenvalue weighted by Gasteiger charge is 2.38. The van der Waals surface area contributed by atoms with Gasteiger partial charge >= 0.3 is 0 Å². The van der Waals surface area contributed by atoms with Crippen molar-refractivity contribution in [1.82, 2.24) is 10.2 Å². The number of nitrogens with zero attached hydrogens (tertiary/aromatic N) is 1. The van der Waals surface area contributed by atoms with Crippen LogP contribution in [-0.4, -0.2) is 55.4 Å². The van der Waals surface area contributed by atoms with Gasteiger partial charge in [-0.15, -0.1) is 0 Å². The molecule has 2 rings (SSSR count). The van der Waals surface area contributed by atoms with Crippen LogP contribution in [0.4, 0.5) is 0 Å². The lowest BCUT2D eigenvalue weighted by molar-refractivity contribution is -0.131. The van der Waals surface area contributed by atoms with Gasteiger partial charge in [-0.3, -0.25) is 4.79 Å². The fourth-order valence-corrected chi connectivity index (χ4v) is 4.28. The van der Waals surface area contributed by atoms with Crippen molar-refractivity contribution in [1.29, 1.82) is 0 Å². The predicted molar refractivity (Wildman–Crippen MR) is 70.1 cm³/mol. The summed E-state index contributed by atoms with van der Waals surface area (Å²) in [5.74, 6) is 0.598. The van der Waals surface area contributed by atoms with Gasteiger partial charge in [0.25, 0.3) is 0 Å². The molecule has 0 aromatic rings. The molecular formula is C12H22N2O3S. The highest BCUT2D eigenvalue weighted by atomic mass is 32.2. The molecule has 0 bridgehead atoms. The van der Waals surface area contributed by atoms with Crippen LogP contribution in [0.15, 0.2) is 0 Å². The molecular weight excluding hydrogens is 252 g/mol. The maximum atomic E-state index is 12.2. The molecule has 2 saturated heterocycles. The number of nitrogens with one attached hydrogen (secondary N) is 1. The van der Waals surface area contributed by atoms with E-state index >= 15 is 0 Å². The van der Waals surface area contributed by atoms with Crippen molar-refractivity contribution >= 4 is 15.7 Å². The second-order valence-electron chi connectivity index (χ2n) is 5.58. The summed E-state index contributed by atoms with van der Waals surface area (Å²) < 4.78 is 22.8. The molecule has 18 heavy (non-hydrogen) atoms. The van der Waals surface area contributed by atoms with Crippen molar-refractivity contribution in [2.75, 3.05) is 18.1 Å². The first-order valence-electron chi connectivity index (χ1n) is 6.66. The predicted octanol–water partition coefficient (Wildman–Crippen LogP) is 0.163. The number of amides is 1. The summed E-state index contributed by atoms with van der Waals surface area (Å²) in [4.78, 5) is 14.1. The van der Waals surface area contributed by atoms with Crippen molar-refractivity contribution in [2.24, 2.45) is 0 Å². The van der Waals surface area contributed by atoms with E-state index in [1.807, 2.05) is 18.7 Å². The number of sulfone groups is 1. The molecule has 0 spiro atoms. The van der Waals surface area contributed by atoms with Crippen molar-refractivity contribution in [3.63, 3.8) is 0 Å². The quantitative estimate of drug-likeness (QED) is 0.796. The third-order valence-electron chi connectivity index (χ3n) is 3.74. The van der Waals surface area contributed by atoms with Crippen molar-refractivity contribution in [2.45, 2.75) is 51.2 Å². The molecule has 2 aliphatic heterocycles. The fraction of sp³-hybridized carbons (Fsp3) is 0.917. The summed E-state index contributed by atoms with van der Waals surface area (Å²) in [5, 5.41) is 3.27. The maximum absolute atomic E-state index is 12.2. The molecule has 0 aromatic heterocycles. The standard InChI is InChI=1S/C12H22N2O3S/c1-9(2)13-11-3-6-14(12(11)15)10-4-7-18(16,17)8-5-10/h9-11,13H,3-8H2,1-2H3. The van der Waals surface area contributed by atoms with E-state index in [1.165, 1.54) is 0 Å². The largest absolute Gasteiger partial charge is 0.338 e. The number of rotatable bonds is 3. The number of likely N-dealkylation sites (tertiary alicyclic amines) is 1. The Morgan fingerprint density at radius 3 is 2.39 bits per heavy atom. The van der Waals surface area contributed by atoms with E-state index in [9.17, 15) is 13.2 Å². The molecule has 0 aromatic carbocycles. The maximum Gasteiger partial charge on any atom is 0.240 e. The van der Waals surface area contributed by atoms with Gasteiger partial charge in [0.05, 0.1) is 17.5 Å². The van der Waals surface area contributed by atoms with Crippen molar-refractivity contribution in [3.8, 4) is 0 Å². The van der Waals surface area contributed by atoms with Crippen LogP contribution in [-0.2, 0) is 14.6 Å². The van der Waals surface area contributed by atoms with Gasteiger partial charge < -0.3 is 10.2 Å². The highest BCUT2D eigenvalue weighted by molar-refractivity contribution is 7.91. The summed E-state index contributed by atoms with van der Waals surface area (Å²) >= 11 is 0. The minimum atomic E-state index is -2.85. The Morgan fingerprint density at radius 1 is 1.22 bits per heavy atom. The van der Waals surface area contributed by atoms with Gasteiger partial charge in [-0.2, -0.15) is 0 Å². The zero-order valence-corrected chi connectivity index (χ0v) is 11.9. The Balaban J connectivity index is 1.94. The SMILES string of the molecule is CC(C)NC1CCN(C2CCS(=O)(=O)CC2)C1=O. The first-order chi connectivity index (χ1) is 8.39. The third kappa shape index (κ3) is 3.03. The zero-order chi connectivity index (χ0) is 13.3. The second-order valence-corrected chi connectivity index (χ2v) is 7.88. The van der Waals surface area contributed by atoms with Gasteiger partial charge in [-0.25, -0.2) is 8.42 Å². The van der Waals surface area contributed by atoms with Gasteiger partial charge in [0.15, 0.2) is 0 Å². The number of hydrogen-bond donors (Lipinski definition) is 1. The Bertz CT molecular complexity index is 405. The molecule has 1 N–H and O–H groups in total. The first-order valence-corrected chi connectivity index (χ1v) is 8.48. The van der Waals surface area contributed by atoms with Crippen LogP contribution in [0.25, 0.3) is 0 Å². The lowest BCUT2D eigenvalue weighted by atomic mass is 10.1. The van der Waals surface area contributed by atoms with Gasteiger partial charge in [0, 0.05) is 18.6 Å². The lowest BCUT2D eigenvalue weighted by Gasteiger charge is -2.31. The monoisotopic (exact) mass is 274 g/mol. The first kappa shape index (κ1) is 13.8. The molecule has 1 unspecified atom stereocenters. The molecule has 5 nitrogen and oxygen atoms in total. The van der Waals surface area contributed by atoms with Gasteiger partial charge in [-0.05, 0) is 19.3 Å². The molecule has 2 aliphatic rings. The molecule has 1 amide bonds. The van der Waals surface area contributed by atoms with E-state index in [1.54, 1.807) is 0 Å². The van der Waals surface area contributed by atoms with Crippen LogP contribution >= 0.6 is 0 Å². The molecule has 2 fully saturated rings. The van der Waals surface area contributed by atoms with Crippen molar-refractivity contribution in [3.05, 3.63) is 0 Å². The normalized spacial score (nSPS) is 29.2. The smallest absolute Gasteiger partial charge is 0.240 e. The molecule has 6 heteroatoms. The van der Waals surface area contributed by atoms with Crippen LogP contribution in [0, 0.1) is 0 Å². The summed E-state index contributed by atoms with van der Waals surface area (Å²) in [6, 6.07) is 0.342. The van der Waals surface area contributed by atoms with Crippen LogP contribution in [0.1, 0.15) is 33.1 Å². The zero-order valence-electron chi connectivity index (χ0n) is 11.1. The lowest BCUT2D eigenvalue weighted by Crippen LogP contribution is -2.46. The van der Waals surface area contributed by atoms with E-state index in [4.69, 9.17) is 0 Å². The highest BCUT2D eigenvalue weighted by Crippen LogP contribution is 2.23. The summed E-state index contributed by atoms with van der Waals surface area (Å²) in [6.45, 7) is 4.82. The van der Waals surface area contributed by atoms with Gasteiger partial charge in [-0.1, -0.05) is 13.8 Å². The average molecular weight is 274 g/mol. The van der Waals surface area contributed by atoms with Crippen LogP contribution in [0.3, 0.4) is 0 Å². The Hall–Kier alpha value is -0.620. The second kappa shape index (κ2) is 5.17. The van der Waals surface area contributed by atoms with E-state index < -0.39 is 9.84 Å². The van der Waals surface area contributed by atoms with Crippen molar-refractivity contribution < 1.29 is 13.2 Å². The van der Waals surface area contributed by atoms with E-state index in [0.29, 0.717) is 18.9 Å². The van der Waals surface area contributed by atoms with Gasteiger partial charge in [0.2, 0.25) is 5.91 Å². The number of hydrogen-bond acceptors (Lipinski definition) is 4. The van der Waals surface area contributed by atoms with E-state index in [-0.39, 0.29) is 29.5 Å². The molecule has 0 aliphatic carbocycles. The molecule has 104 valence electrons. The summed E-state index contributed by atoms with van der Waals surface area (Å²) in [7, 11) is -2.85.